The Morgan fingerprint density at radius 1 is 1.35 bits per heavy atom. The molecule has 92 valence electrons. The fourth-order valence-electron chi connectivity index (χ4n) is 1.11. The second-order valence-corrected chi connectivity index (χ2v) is 3.01. The van der Waals surface area contributed by atoms with Crippen LogP contribution in [0.3, 0.4) is 0 Å². The summed E-state index contributed by atoms with van der Waals surface area (Å²) in [6.45, 7) is 3.95. The summed E-state index contributed by atoms with van der Waals surface area (Å²) in [5, 5.41) is 0. The first-order valence-electron chi connectivity index (χ1n) is 5.27. The SMILES string of the molecule is CCO/C=C(/C(=O)OCC)C(=O)c1ccco1. The highest BCUT2D eigenvalue weighted by Crippen LogP contribution is 2.11. The Morgan fingerprint density at radius 2 is 2.12 bits per heavy atom. The molecule has 0 aliphatic rings. The van der Waals surface area contributed by atoms with Gasteiger partial charge in [-0.25, -0.2) is 4.79 Å². The molecule has 0 radical (unpaired) electrons. The summed E-state index contributed by atoms with van der Waals surface area (Å²) in [6, 6.07) is 3.04. The zero-order chi connectivity index (χ0) is 12.7. The Morgan fingerprint density at radius 3 is 2.65 bits per heavy atom. The minimum Gasteiger partial charge on any atom is -0.500 e. The average molecular weight is 238 g/mol. The third-order valence-corrected chi connectivity index (χ3v) is 1.85. The molecule has 0 unspecified atom stereocenters. The maximum atomic E-state index is 11.9. The van der Waals surface area contributed by atoms with Crippen LogP contribution in [0, 0.1) is 0 Å². The van der Waals surface area contributed by atoms with Crippen LogP contribution in [0.25, 0.3) is 0 Å². The van der Waals surface area contributed by atoms with E-state index in [4.69, 9.17) is 13.9 Å². The molecule has 0 aliphatic heterocycles. The van der Waals surface area contributed by atoms with Gasteiger partial charge in [-0.3, -0.25) is 4.79 Å². The molecule has 1 heterocycles. The van der Waals surface area contributed by atoms with Crippen LogP contribution >= 0.6 is 0 Å². The third kappa shape index (κ3) is 3.48. The van der Waals surface area contributed by atoms with Crippen LogP contribution in [0.2, 0.25) is 0 Å². The number of ether oxygens (including phenoxy) is 2. The molecular formula is C12H14O5. The standard InChI is InChI=1S/C12H14O5/c1-3-15-8-9(12(14)16-4-2)11(13)10-6-5-7-17-10/h5-8H,3-4H2,1-2H3/b9-8+. The molecule has 0 saturated carbocycles. The molecule has 5 heteroatoms. The Labute approximate surface area is 99.0 Å². The van der Waals surface area contributed by atoms with Gasteiger partial charge in [0.25, 0.3) is 0 Å². The van der Waals surface area contributed by atoms with E-state index in [1.165, 1.54) is 12.3 Å². The zero-order valence-electron chi connectivity index (χ0n) is 9.76. The van der Waals surface area contributed by atoms with E-state index in [-0.39, 0.29) is 17.9 Å². The van der Waals surface area contributed by atoms with E-state index in [0.29, 0.717) is 6.61 Å². The fraction of sp³-hybridized carbons (Fsp3) is 0.333. The van der Waals surface area contributed by atoms with Crippen LogP contribution in [-0.2, 0) is 14.3 Å². The van der Waals surface area contributed by atoms with E-state index in [0.717, 1.165) is 6.26 Å². The number of carbonyl (C=O) groups is 2. The van der Waals surface area contributed by atoms with E-state index in [9.17, 15) is 9.59 Å². The summed E-state index contributed by atoms with van der Waals surface area (Å²) in [5.74, 6) is -1.20. The first kappa shape index (κ1) is 13.0. The summed E-state index contributed by atoms with van der Waals surface area (Å²) >= 11 is 0. The lowest BCUT2D eigenvalue weighted by atomic mass is 10.1. The topological polar surface area (TPSA) is 65.7 Å². The number of carbonyl (C=O) groups excluding carboxylic acids is 2. The Balaban J connectivity index is 2.90. The Kier molecular flexibility index (Phi) is 5.00. The molecule has 0 bridgehead atoms. The summed E-state index contributed by atoms with van der Waals surface area (Å²) < 4.78 is 14.7. The quantitative estimate of drug-likeness (QED) is 0.189. The number of hydrogen-bond acceptors (Lipinski definition) is 5. The van der Waals surface area contributed by atoms with E-state index < -0.39 is 11.8 Å². The fourth-order valence-corrected chi connectivity index (χ4v) is 1.11. The molecule has 1 aromatic rings. The molecule has 0 fully saturated rings. The van der Waals surface area contributed by atoms with Crippen molar-refractivity contribution >= 4 is 11.8 Å². The maximum absolute atomic E-state index is 11.9. The lowest BCUT2D eigenvalue weighted by Gasteiger charge is -2.04. The molecular weight excluding hydrogens is 224 g/mol. The minimum absolute atomic E-state index is 0.0732. The molecule has 0 aliphatic carbocycles. The third-order valence-electron chi connectivity index (χ3n) is 1.85. The van der Waals surface area contributed by atoms with E-state index in [1.54, 1.807) is 19.9 Å². The largest absolute Gasteiger partial charge is 0.500 e. The molecule has 17 heavy (non-hydrogen) atoms. The smallest absolute Gasteiger partial charge is 0.345 e. The van der Waals surface area contributed by atoms with Gasteiger partial charge in [0.2, 0.25) is 5.78 Å². The molecule has 5 nitrogen and oxygen atoms in total. The van der Waals surface area contributed by atoms with Crippen LogP contribution in [0.15, 0.2) is 34.6 Å². The van der Waals surface area contributed by atoms with E-state index in [2.05, 4.69) is 0 Å². The van der Waals surface area contributed by atoms with Crippen molar-refractivity contribution in [3.05, 3.63) is 36.0 Å². The van der Waals surface area contributed by atoms with E-state index in [1.807, 2.05) is 0 Å². The van der Waals surface area contributed by atoms with Crippen LogP contribution < -0.4 is 0 Å². The van der Waals surface area contributed by atoms with Crippen molar-refractivity contribution in [1.29, 1.82) is 0 Å². The average Bonchev–Trinajstić information content (AvgIpc) is 2.83. The highest BCUT2D eigenvalue weighted by Gasteiger charge is 2.23. The Bertz CT molecular complexity index is 403. The number of rotatable bonds is 6. The first-order chi connectivity index (χ1) is 8.20. The van der Waals surface area contributed by atoms with Gasteiger partial charge in [0.1, 0.15) is 11.8 Å². The predicted octanol–water partition coefficient (Wildman–Crippen LogP) is 1.95. The number of furan rings is 1. The maximum Gasteiger partial charge on any atom is 0.345 e. The van der Waals surface area contributed by atoms with Crippen LogP contribution in [0.1, 0.15) is 24.4 Å². The lowest BCUT2D eigenvalue weighted by molar-refractivity contribution is -0.138. The van der Waals surface area contributed by atoms with Gasteiger partial charge in [-0.2, -0.15) is 0 Å². The molecule has 1 rings (SSSR count). The van der Waals surface area contributed by atoms with Gasteiger partial charge in [0.15, 0.2) is 5.76 Å². The van der Waals surface area contributed by atoms with Crippen molar-refractivity contribution < 1.29 is 23.5 Å². The second-order valence-electron chi connectivity index (χ2n) is 3.01. The number of hydrogen-bond donors (Lipinski definition) is 0. The summed E-state index contributed by atoms with van der Waals surface area (Å²) in [6.07, 6.45) is 2.46. The van der Waals surface area contributed by atoms with Gasteiger partial charge < -0.3 is 13.9 Å². The van der Waals surface area contributed by atoms with Gasteiger partial charge in [0, 0.05) is 0 Å². The summed E-state index contributed by atoms with van der Waals surface area (Å²) in [5.41, 5.74) is -0.177. The molecule has 0 saturated heterocycles. The molecule has 0 aromatic carbocycles. The highest BCUT2D eigenvalue weighted by molar-refractivity contribution is 6.23. The molecule has 0 spiro atoms. The Hall–Kier alpha value is -2.04. The van der Waals surface area contributed by atoms with Crippen molar-refractivity contribution in [2.75, 3.05) is 13.2 Å². The number of Topliss-reactive ketones (excluding diaryl/α,β-unsaturated/α-hetero) is 1. The van der Waals surface area contributed by atoms with Crippen LogP contribution in [-0.4, -0.2) is 25.0 Å². The lowest BCUT2D eigenvalue weighted by Crippen LogP contribution is -2.16. The van der Waals surface area contributed by atoms with Gasteiger partial charge in [-0.05, 0) is 26.0 Å². The van der Waals surface area contributed by atoms with E-state index >= 15 is 0 Å². The van der Waals surface area contributed by atoms with Crippen molar-refractivity contribution in [3.8, 4) is 0 Å². The van der Waals surface area contributed by atoms with Crippen molar-refractivity contribution in [3.63, 3.8) is 0 Å². The molecule has 0 atom stereocenters. The summed E-state index contributed by atoms with van der Waals surface area (Å²) in [7, 11) is 0. The van der Waals surface area contributed by atoms with Crippen molar-refractivity contribution in [2.45, 2.75) is 13.8 Å². The normalized spacial score (nSPS) is 11.1. The van der Waals surface area contributed by atoms with Crippen molar-refractivity contribution in [2.24, 2.45) is 0 Å². The predicted molar refractivity (Wildman–Crippen MR) is 59.4 cm³/mol. The zero-order valence-corrected chi connectivity index (χ0v) is 9.76. The van der Waals surface area contributed by atoms with Crippen molar-refractivity contribution in [1.82, 2.24) is 0 Å². The monoisotopic (exact) mass is 238 g/mol. The second kappa shape index (κ2) is 6.52. The number of esters is 1. The van der Waals surface area contributed by atoms with Gasteiger partial charge in [-0.1, -0.05) is 0 Å². The van der Waals surface area contributed by atoms with Crippen LogP contribution in [0.4, 0.5) is 0 Å². The van der Waals surface area contributed by atoms with Crippen LogP contribution in [0.5, 0.6) is 0 Å². The highest BCUT2D eigenvalue weighted by atomic mass is 16.5. The summed E-state index contributed by atoms with van der Waals surface area (Å²) in [4.78, 5) is 23.4. The van der Waals surface area contributed by atoms with Gasteiger partial charge >= 0.3 is 5.97 Å². The van der Waals surface area contributed by atoms with Gasteiger partial charge in [-0.15, -0.1) is 0 Å². The molecule has 1 aromatic heterocycles. The van der Waals surface area contributed by atoms with Gasteiger partial charge in [0.05, 0.1) is 19.5 Å². The molecule has 0 amide bonds. The molecule has 0 N–H and O–H groups in total. The number of ketones is 1. The minimum atomic E-state index is -0.720. The first-order valence-corrected chi connectivity index (χ1v) is 5.27.